The van der Waals surface area contributed by atoms with Crippen LogP contribution in [-0.4, -0.2) is 28.0 Å². The SMILES string of the molecule is CCOC(=O)c1cn(CC(=O)Nc2ccccc2)c2nc(C)ccc2c1=O. The Labute approximate surface area is 155 Å². The summed E-state index contributed by atoms with van der Waals surface area (Å²) in [4.78, 5) is 41.6. The molecule has 2 heterocycles. The number of fused-ring (bicyclic) bond motifs is 1. The molecule has 7 nitrogen and oxygen atoms in total. The van der Waals surface area contributed by atoms with Crippen LogP contribution in [0.3, 0.4) is 0 Å². The zero-order valence-corrected chi connectivity index (χ0v) is 15.1. The molecule has 0 saturated heterocycles. The van der Waals surface area contributed by atoms with Gasteiger partial charge in [-0.15, -0.1) is 0 Å². The summed E-state index contributed by atoms with van der Waals surface area (Å²) in [5, 5.41) is 3.04. The number of amides is 1. The van der Waals surface area contributed by atoms with Crippen molar-refractivity contribution in [1.82, 2.24) is 9.55 Å². The van der Waals surface area contributed by atoms with Crippen LogP contribution in [0, 0.1) is 6.92 Å². The molecular weight excluding hydrogens is 346 g/mol. The minimum atomic E-state index is -0.720. The quantitative estimate of drug-likeness (QED) is 0.702. The van der Waals surface area contributed by atoms with Crippen LogP contribution in [0.5, 0.6) is 0 Å². The highest BCUT2D eigenvalue weighted by Gasteiger charge is 2.18. The topological polar surface area (TPSA) is 90.3 Å². The van der Waals surface area contributed by atoms with Crippen molar-refractivity contribution in [3.05, 3.63) is 70.1 Å². The van der Waals surface area contributed by atoms with Gasteiger partial charge in [0.1, 0.15) is 17.8 Å². The molecule has 0 aliphatic rings. The van der Waals surface area contributed by atoms with Crippen LogP contribution in [0.2, 0.25) is 0 Å². The van der Waals surface area contributed by atoms with E-state index >= 15 is 0 Å². The van der Waals surface area contributed by atoms with Crippen molar-refractivity contribution >= 4 is 28.6 Å². The second-order valence-corrected chi connectivity index (χ2v) is 5.96. The van der Waals surface area contributed by atoms with E-state index in [1.807, 2.05) is 18.2 Å². The third-order valence-electron chi connectivity index (χ3n) is 3.93. The number of rotatable bonds is 5. The second-order valence-electron chi connectivity index (χ2n) is 5.96. The van der Waals surface area contributed by atoms with Gasteiger partial charge in [0.15, 0.2) is 0 Å². The molecule has 0 bridgehead atoms. The Morgan fingerprint density at radius 2 is 1.89 bits per heavy atom. The molecule has 0 unspecified atom stereocenters. The Hall–Kier alpha value is -3.48. The Balaban J connectivity index is 2.03. The highest BCUT2D eigenvalue weighted by Crippen LogP contribution is 2.13. The highest BCUT2D eigenvalue weighted by atomic mass is 16.5. The highest BCUT2D eigenvalue weighted by molar-refractivity contribution is 5.94. The number of carbonyl (C=O) groups is 2. The van der Waals surface area contributed by atoms with Crippen LogP contribution in [0.1, 0.15) is 23.0 Å². The minimum Gasteiger partial charge on any atom is -0.462 e. The van der Waals surface area contributed by atoms with Crippen LogP contribution in [0.15, 0.2) is 53.5 Å². The summed E-state index contributed by atoms with van der Waals surface area (Å²) in [5.74, 6) is -1.02. The smallest absolute Gasteiger partial charge is 0.343 e. The van der Waals surface area contributed by atoms with Crippen molar-refractivity contribution in [2.45, 2.75) is 20.4 Å². The molecule has 3 rings (SSSR count). The van der Waals surface area contributed by atoms with Crippen LogP contribution in [0.4, 0.5) is 5.69 Å². The van der Waals surface area contributed by atoms with Crippen molar-refractivity contribution in [2.75, 3.05) is 11.9 Å². The van der Waals surface area contributed by atoms with Crippen LogP contribution in [0.25, 0.3) is 11.0 Å². The summed E-state index contributed by atoms with van der Waals surface area (Å²) in [6.07, 6.45) is 1.33. The first-order valence-corrected chi connectivity index (χ1v) is 8.52. The van der Waals surface area contributed by atoms with Gasteiger partial charge in [0.2, 0.25) is 11.3 Å². The van der Waals surface area contributed by atoms with Crippen molar-refractivity contribution in [2.24, 2.45) is 0 Å². The number of nitrogens with one attached hydrogen (secondary N) is 1. The Morgan fingerprint density at radius 1 is 1.15 bits per heavy atom. The molecule has 0 aliphatic heterocycles. The van der Waals surface area contributed by atoms with Gasteiger partial charge in [0.25, 0.3) is 0 Å². The van der Waals surface area contributed by atoms with Crippen LogP contribution >= 0.6 is 0 Å². The van der Waals surface area contributed by atoms with E-state index in [2.05, 4.69) is 10.3 Å². The lowest BCUT2D eigenvalue weighted by Gasteiger charge is -2.13. The molecule has 0 aliphatic carbocycles. The Morgan fingerprint density at radius 3 is 2.59 bits per heavy atom. The third kappa shape index (κ3) is 4.03. The first-order valence-electron chi connectivity index (χ1n) is 8.52. The fourth-order valence-electron chi connectivity index (χ4n) is 2.71. The van der Waals surface area contributed by atoms with Crippen molar-refractivity contribution < 1.29 is 14.3 Å². The van der Waals surface area contributed by atoms with E-state index < -0.39 is 11.4 Å². The first kappa shape index (κ1) is 18.3. The van der Waals surface area contributed by atoms with Gasteiger partial charge in [-0.3, -0.25) is 9.59 Å². The Bertz CT molecular complexity index is 1060. The van der Waals surface area contributed by atoms with Crippen LogP contribution in [-0.2, 0) is 16.1 Å². The number of nitrogens with zero attached hydrogens (tertiary/aromatic N) is 2. The van der Waals surface area contributed by atoms with Crippen molar-refractivity contribution in [3.63, 3.8) is 0 Å². The minimum absolute atomic E-state index is 0.103. The second kappa shape index (κ2) is 7.82. The molecule has 3 aromatic rings. The number of anilines is 1. The standard InChI is InChI=1S/C20H19N3O4/c1-3-27-20(26)16-11-23(12-17(24)22-14-7-5-4-6-8-14)19-15(18(16)25)10-9-13(2)21-19/h4-11H,3,12H2,1-2H3,(H,22,24). The van der Waals surface area contributed by atoms with Gasteiger partial charge in [-0.1, -0.05) is 18.2 Å². The van der Waals surface area contributed by atoms with E-state index in [0.29, 0.717) is 17.0 Å². The number of aryl methyl sites for hydroxylation is 1. The van der Waals surface area contributed by atoms with Gasteiger partial charge in [-0.05, 0) is 38.1 Å². The molecule has 7 heteroatoms. The summed E-state index contributed by atoms with van der Waals surface area (Å²) in [6, 6.07) is 12.3. The molecule has 0 saturated carbocycles. The monoisotopic (exact) mass is 365 g/mol. The Kier molecular flexibility index (Phi) is 5.30. The maximum Gasteiger partial charge on any atom is 0.343 e. The van der Waals surface area contributed by atoms with E-state index in [1.165, 1.54) is 10.8 Å². The first-order chi connectivity index (χ1) is 13.0. The van der Waals surface area contributed by atoms with E-state index in [-0.39, 0.29) is 30.0 Å². The molecule has 1 amide bonds. The largest absolute Gasteiger partial charge is 0.462 e. The third-order valence-corrected chi connectivity index (χ3v) is 3.93. The molecule has 27 heavy (non-hydrogen) atoms. The summed E-state index contributed by atoms with van der Waals surface area (Å²) in [6.45, 7) is 3.50. The number of hydrogen-bond donors (Lipinski definition) is 1. The number of esters is 1. The van der Waals surface area contributed by atoms with E-state index in [4.69, 9.17) is 4.74 Å². The molecule has 0 fully saturated rings. The van der Waals surface area contributed by atoms with Gasteiger partial charge in [0.05, 0.1) is 12.0 Å². The van der Waals surface area contributed by atoms with Gasteiger partial charge < -0.3 is 14.6 Å². The van der Waals surface area contributed by atoms with Crippen molar-refractivity contribution in [1.29, 1.82) is 0 Å². The average Bonchev–Trinajstić information content (AvgIpc) is 2.65. The lowest BCUT2D eigenvalue weighted by Crippen LogP contribution is -2.25. The number of hydrogen-bond acceptors (Lipinski definition) is 5. The van der Waals surface area contributed by atoms with Crippen molar-refractivity contribution in [3.8, 4) is 0 Å². The number of para-hydroxylation sites is 1. The zero-order chi connectivity index (χ0) is 19.4. The predicted octanol–water partition coefficient (Wildman–Crippen LogP) is 2.52. The number of pyridine rings is 2. The van der Waals surface area contributed by atoms with Gasteiger partial charge in [0, 0.05) is 17.6 Å². The van der Waals surface area contributed by atoms with Gasteiger partial charge >= 0.3 is 5.97 Å². The number of aromatic nitrogens is 2. The molecule has 138 valence electrons. The summed E-state index contributed by atoms with van der Waals surface area (Å²) >= 11 is 0. The van der Waals surface area contributed by atoms with E-state index in [0.717, 1.165) is 0 Å². The molecule has 0 spiro atoms. The maximum atomic E-state index is 12.6. The van der Waals surface area contributed by atoms with Crippen LogP contribution < -0.4 is 10.7 Å². The fraction of sp³-hybridized carbons (Fsp3) is 0.200. The number of benzene rings is 1. The molecule has 2 aromatic heterocycles. The molecular formula is C20H19N3O4. The lowest BCUT2D eigenvalue weighted by molar-refractivity contribution is -0.116. The molecule has 0 radical (unpaired) electrons. The van der Waals surface area contributed by atoms with Gasteiger partial charge in [-0.2, -0.15) is 0 Å². The number of ether oxygens (including phenoxy) is 1. The predicted molar refractivity (Wildman–Crippen MR) is 102 cm³/mol. The molecule has 0 atom stereocenters. The number of carbonyl (C=O) groups excluding carboxylic acids is 2. The normalized spacial score (nSPS) is 10.6. The maximum absolute atomic E-state index is 12.6. The van der Waals surface area contributed by atoms with Gasteiger partial charge in [-0.25, -0.2) is 9.78 Å². The van der Waals surface area contributed by atoms with E-state index in [9.17, 15) is 14.4 Å². The fourth-order valence-corrected chi connectivity index (χ4v) is 2.71. The summed E-state index contributed by atoms with van der Waals surface area (Å²) in [7, 11) is 0. The molecule has 1 N–H and O–H groups in total. The summed E-state index contributed by atoms with van der Waals surface area (Å²) in [5.41, 5.74) is 1.11. The van der Waals surface area contributed by atoms with E-state index in [1.54, 1.807) is 38.1 Å². The molecule has 1 aromatic carbocycles. The lowest BCUT2D eigenvalue weighted by atomic mass is 10.2. The average molecular weight is 365 g/mol. The zero-order valence-electron chi connectivity index (χ0n) is 15.1. The summed E-state index contributed by atoms with van der Waals surface area (Å²) < 4.78 is 6.46.